The van der Waals surface area contributed by atoms with E-state index in [-0.39, 0.29) is 5.92 Å². The number of benzene rings is 3. The molecule has 3 aromatic rings. The lowest BCUT2D eigenvalue weighted by Gasteiger charge is -2.34. The van der Waals surface area contributed by atoms with Crippen LogP contribution in [0.3, 0.4) is 0 Å². The first-order chi connectivity index (χ1) is 15.2. The van der Waals surface area contributed by atoms with Gasteiger partial charge in [-0.05, 0) is 42.8 Å². The lowest BCUT2D eigenvalue weighted by Crippen LogP contribution is -2.46. The molecule has 0 spiro atoms. The van der Waals surface area contributed by atoms with Crippen molar-refractivity contribution in [2.24, 2.45) is 5.92 Å². The van der Waals surface area contributed by atoms with Crippen molar-refractivity contribution in [2.45, 2.75) is 17.4 Å². The highest BCUT2D eigenvalue weighted by Crippen LogP contribution is 2.36. The molecule has 0 aromatic heterocycles. The van der Waals surface area contributed by atoms with Gasteiger partial charge in [0.05, 0.1) is 22.2 Å². The van der Waals surface area contributed by atoms with Crippen molar-refractivity contribution in [3.63, 3.8) is 0 Å². The summed E-state index contributed by atoms with van der Waals surface area (Å²) >= 11 is 0. The molecule has 1 aliphatic heterocycles. The number of para-hydroxylation sites is 2. The quantitative estimate of drug-likeness (QED) is 0.399. The predicted octanol–water partition coefficient (Wildman–Crippen LogP) is 3.88. The van der Waals surface area contributed by atoms with Crippen molar-refractivity contribution in [1.82, 2.24) is 0 Å². The van der Waals surface area contributed by atoms with Crippen LogP contribution in [0.5, 0.6) is 0 Å². The van der Waals surface area contributed by atoms with Gasteiger partial charge in [0.2, 0.25) is 5.78 Å². The third-order valence-electron chi connectivity index (χ3n) is 5.54. The first-order valence-electron chi connectivity index (χ1n) is 10.3. The molecule has 0 saturated carbocycles. The third-order valence-corrected chi connectivity index (χ3v) is 6.94. The van der Waals surface area contributed by atoms with Gasteiger partial charge in [-0.3, -0.25) is 23.8 Å². The van der Waals surface area contributed by atoms with Crippen LogP contribution in [0.4, 0.5) is 11.4 Å². The van der Waals surface area contributed by atoms with Gasteiger partial charge in [-0.1, -0.05) is 54.6 Å². The lowest BCUT2D eigenvalue weighted by atomic mass is 9.95. The van der Waals surface area contributed by atoms with E-state index < -0.39 is 22.6 Å². The van der Waals surface area contributed by atoms with Crippen LogP contribution in [0.2, 0.25) is 0 Å². The summed E-state index contributed by atoms with van der Waals surface area (Å²) in [5, 5.41) is 3.97. The predicted molar refractivity (Wildman–Crippen MR) is 123 cm³/mol. The van der Waals surface area contributed by atoms with Gasteiger partial charge in [-0.15, -0.1) is 0 Å². The van der Waals surface area contributed by atoms with Crippen LogP contribution in [-0.2, 0) is 20.4 Å². The van der Waals surface area contributed by atoms with Gasteiger partial charge in [-0.25, -0.2) is 0 Å². The number of Topliss-reactive ketones (excluding diaryl/α,β-unsaturated/α-hetero) is 1. The Bertz CT molecular complexity index is 1040. The van der Waals surface area contributed by atoms with Gasteiger partial charge in [0.1, 0.15) is 6.04 Å². The van der Waals surface area contributed by atoms with E-state index in [2.05, 4.69) is 5.01 Å². The Morgan fingerprint density at radius 2 is 1.42 bits per heavy atom. The molecule has 31 heavy (non-hydrogen) atoms. The molecule has 3 unspecified atom stereocenters. The summed E-state index contributed by atoms with van der Waals surface area (Å²) in [6.07, 6.45) is 0.981. The first-order valence-corrected chi connectivity index (χ1v) is 11.6. The van der Waals surface area contributed by atoms with E-state index in [1.807, 2.05) is 96.0 Å². The van der Waals surface area contributed by atoms with Gasteiger partial charge in [0.25, 0.3) is 0 Å². The molecule has 1 aliphatic rings. The minimum Gasteiger partial charge on any atom is -0.295 e. The highest BCUT2D eigenvalue weighted by atomic mass is 32.2. The van der Waals surface area contributed by atoms with E-state index in [0.29, 0.717) is 25.0 Å². The SMILES string of the molecule is O=CC(=O)C1C(CCS(=O)c2ccccc2)CN(c2ccccc2)N1c1ccccc1. The van der Waals surface area contributed by atoms with Crippen molar-refractivity contribution in [3.05, 3.63) is 91.0 Å². The zero-order chi connectivity index (χ0) is 21.6. The number of hydrogen-bond donors (Lipinski definition) is 0. The van der Waals surface area contributed by atoms with E-state index in [1.165, 1.54) is 0 Å². The van der Waals surface area contributed by atoms with E-state index in [9.17, 15) is 13.8 Å². The summed E-state index contributed by atoms with van der Waals surface area (Å²) in [7, 11) is -1.16. The third kappa shape index (κ3) is 4.59. The number of nitrogens with zero attached hydrogens (tertiary/aromatic N) is 2. The highest BCUT2D eigenvalue weighted by molar-refractivity contribution is 7.85. The second-order valence-electron chi connectivity index (χ2n) is 7.47. The number of carbonyl (C=O) groups excluding carboxylic acids is 2. The van der Waals surface area contributed by atoms with Gasteiger partial charge in [0, 0.05) is 23.1 Å². The molecule has 0 aliphatic carbocycles. The minimum absolute atomic E-state index is 0.134. The number of ketones is 1. The van der Waals surface area contributed by atoms with Crippen molar-refractivity contribution >= 4 is 34.2 Å². The Morgan fingerprint density at radius 3 is 2.00 bits per heavy atom. The molecule has 1 saturated heterocycles. The number of anilines is 2. The largest absolute Gasteiger partial charge is 0.295 e. The molecular weight excluding hydrogens is 408 g/mol. The summed E-state index contributed by atoms with van der Waals surface area (Å²) in [5.74, 6) is -0.161. The molecule has 0 N–H and O–H groups in total. The topological polar surface area (TPSA) is 57.7 Å². The molecule has 0 amide bonds. The van der Waals surface area contributed by atoms with Crippen LogP contribution in [0, 0.1) is 5.92 Å². The van der Waals surface area contributed by atoms with Gasteiger partial charge in [0.15, 0.2) is 6.29 Å². The zero-order valence-electron chi connectivity index (χ0n) is 17.0. The van der Waals surface area contributed by atoms with E-state index >= 15 is 0 Å². The van der Waals surface area contributed by atoms with Crippen molar-refractivity contribution in [2.75, 3.05) is 22.3 Å². The molecule has 3 atom stereocenters. The number of aldehydes is 1. The summed E-state index contributed by atoms with van der Waals surface area (Å²) in [5.41, 5.74) is 1.79. The summed E-state index contributed by atoms with van der Waals surface area (Å²) in [4.78, 5) is 25.1. The molecule has 3 aromatic carbocycles. The summed E-state index contributed by atoms with van der Waals surface area (Å²) in [6.45, 7) is 0.565. The maximum atomic E-state index is 12.8. The van der Waals surface area contributed by atoms with E-state index in [4.69, 9.17) is 0 Å². The molecule has 5 nitrogen and oxygen atoms in total. The summed E-state index contributed by atoms with van der Waals surface area (Å²) in [6, 6.07) is 28.2. The summed E-state index contributed by atoms with van der Waals surface area (Å²) < 4.78 is 12.8. The molecule has 1 heterocycles. The average molecular weight is 433 g/mol. The monoisotopic (exact) mass is 432 g/mol. The van der Waals surface area contributed by atoms with Gasteiger partial charge in [-0.2, -0.15) is 0 Å². The molecule has 158 valence electrons. The molecule has 0 radical (unpaired) electrons. The van der Waals surface area contributed by atoms with Crippen LogP contribution in [-0.4, -0.2) is 34.6 Å². The fourth-order valence-electron chi connectivity index (χ4n) is 4.09. The van der Waals surface area contributed by atoms with Crippen molar-refractivity contribution in [1.29, 1.82) is 0 Å². The minimum atomic E-state index is -1.16. The molecular formula is C25H24N2O3S. The van der Waals surface area contributed by atoms with Crippen LogP contribution in [0.15, 0.2) is 95.9 Å². The maximum Gasteiger partial charge on any atom is 0.219 e. The van der Waals surface area contributed by atoms with Crippen LogP contribution in [0.25, 0.3) is 0 Å². The Kier molecular flexibility index (Phi) is 6.57. The standard InChI is InChI=1S/C25H24N2O3S/c28-19-24(29)25-20(16-17-31(30)23-14-8-3-9-15-23)18-26(21-10-4-1-5-11-21)27(25)22-12-6-2-7-13-22/h1-15,19-20,25H,16-18H2. The van der Waals surface area contributed by atoms with Gasteiger partial charge >= 0.3 is 0 Å². The lowest BCUT2D eigenvalue weighted by molar-refractivity contribution is -0.131. The Hall–Kier alpha value is -3.25. The second kappa shape index (κ2) is 9.71. The number of carbonyl (C=O) groups is 2. The zero-order valence-corrected chi connectivity index (χ0v) is 17.9. The smallest absolute Gasteiger partial charge is 0.219 e. The van der Waals surface area contributed by atoms with Gasteiger partial charge < -0.3 is 0 Å². The number of hydrogen-bond acceptors (Lipinski definition) is 5. The number of rotatable bonds is 8. The Morgan fingerprint density at radius 1 is 0.871 bits per heavy atom. The van der Waals surface area contributed by atoms with Crippen LogP contribution < -0.4 is 10.0 Å². The Labute approximate surface area is 184 Å². The molecule has 0 bridgehead atoms. The molecule has 6 heteroatoms. The highest BCUT2D eigenvalue weighted by Gasteiger charge is 2.44. The first kappa shape index (κ1) is 21.0. The Balaban J connectivity index is 1.65. The van der Waals surface area contributed by atoms with Crippen molar-refractivity contribution in [3.8, 4) is 0 Å². The fourth-order valence-corrected chi connectivity index (χ4v) is 5.30. The van der Waals surface area contributed by atoms with Crippen LogP contribution in [0.1, 0.15) is 6.42 Å². The molecule has 4 rings (SSSR count). The van der Waals surface area contributed by atoms with Crippen molar-refractivity contribution < 1.29 is 13.8 Å². The second-order valence-corrected chi connectivity index (χ2v) is 9.04. The van der Waals surface area contributed by atoms with E-state index in [0.717, 1.165) is 16.3 Å². The van der Waals surface area contributed by atoms with E-state index in [1.54, 1.807) is 0 Å². The average Bonchev–Trinajstić information content (AvgIpc) is 3.23. The van der Waals surface area contributed by atoms with Crippen LogP contribution >= 0.6 is 0 Å². The fraction of sp³-hybridized carbons (Fsp3) is 0.200. The number of hydrazine groups is 1. The maximum absolute atomic E-state index is 12.8. The molecule has 1 fully saturated rings. The normalized spacial score (nSPS) is 19.2.